The first kappa shape index (κ1) is 21.7. The second kappa shape index (κ2) is 10.1. The van der Waals surface area contributed by atoms with Crippen molar-refractivity contribution in [3.8, 4) is 11.5 Å². The zero-order chi connectivity index (χ0) is 20.8. The van der Waals surface area contributed by atoms with E-state index in [0.29, 0.717) is 13.2 Å². The number of aliphatic hydroxyl groups is 1. The van der Waals surface area contributed by atoms with Crippen molar-refractivity contribution in [2.45, 2.75) is 53.2 Å². The van der Waals surface area contributed by atoms with Crippen molar-refractivity contribution in [3.05, 3.63) is 58.7 Å². The van der Waals surface area contributed by atoms with Gasteiger partial charge < -0.3 is 19.5 Å². The fourth-order valence-electron chi connectivity index (χ4n) is 4.06. The molecule has 29 heavy (non-hydrogen) atoms. The Morgan fingerprint density at radius 1 is 1.03 bits per heavy atom. The molecule has 2 aromatic carbocycles. The number of ether oxygens (including phenoxy) is 2. The van der Waals surface area contributed by atoms with E-state index in [9.17, 15) is 5.11 Å². The van der Waals surface area contributed by atoms with E-state index in [4.69, 9.17) is 9.47 Å². The molecule has 0 aromatic heterocycles. The molecule has 0 aliphatic carbocycles. The molecule has 1 heterocycles. The van der Waals surface area contributed by atoms with Gasteiger partial charge in [0.1, 0.15) is 6.61 Å². The number of likely N-dealkylation sites (tertiary alicyclic amines) is 1. The van der Waals surface area contributed by atoms with Crippen molar-refractivity contribution in [1.82, 2.24) is 4.90 Å². The summed E-state index contributed by atoms with van der Waals surface area (Å²) in [6.45, 7) is 12.5. The summed E-state index contributed by atoms with van der Waals surface area (Å²) < 4.78 is 12.0. The zero-order valence-electron chi connectivity index (χ0n) is 18.3. The summed E-state index contributed by atoms with van der Waals surface area (Å²) in [5.41, 5.74) is 4.86. The fraction of sp³-hybridized carbons (Fsp3) is 0.520. The van der Waals surface area contributed by atoms with Gasteiger partial charge in [-0.2, -0.15) is 0 Å². The molecular formula is C25H35NO3. The minimum absolute atomic E-state index is 0.228. The lowest BCUT2D eigenvalue weighted by molar-refractivity contribution is 0.0290. The summed E-state index contributed by atoms with van der Waals surface area (Å²) >= 11 is 0. The van der Waals surface area contributed by atoms with Crippen LogP contribution >= 0.6 is 0 Å². The average molecular weight is 398 g/mol. The molecule has 1 saturated heterocycles. The van der Waals surface area contributed by atoms with Crippen molar-refractivity contribution < 1.29 is 14.6 Å². The van der Waals surface area contributed by atoms with Gasteiger partial charge >= 0.3 is 0 Å². The van der Waals surface area contributed by atoms with Crippen molar-refractivity contribution >= 4 is 0 Å². The van der Waals surface area contributed by atoms with Gasteiger partial charge in [0.15, 0.2) is 11.5 Å². The van der Waals surface area contributed by atoms with Gasteiger partial charge in [0.25, 0.3) is 0 Å². The molecule has 2 atom stereocenters. The van der Waals surface area contributed by atoms with Crippen LogP contribution in [0, 0.1) is 19.8 Å². The van der Waals surface area contributed by atoms with Crippen LogP contribution in [0.5, 0.6) is 11.5 Å². The molecule has 1 fully saturated rings. The summed E-state index contributed by atoms with van der Waals surface area (Å²) in [4.78, 5) is 2.42. The number of hydrogen-bond acceptors (Lipinski definition) is 4. The van der Waals surface area contributed by atoms with Crippen LogP contribution in [0.4, 0.5) is 0 Å². The second-order valence-electron chi connectivity index (χ2n) is 8.15. The van der Waals surface area contributed by atoms with Gasteiger partial charge in [-0.15, -0.1) is 0 Å². The van der Waals surface area contributed by atoms with Crippen LogP contribution in [-0.2, 0) is 13.0 Å². The van der Waals surface area contributed by atoms with Gasteiger partial charge in [-0.1, -0.05) is 36.8 Å². The molecule has 1 aliphatic heterocycles. The highest BCUT2D eigenvalue weighted by Crippen LogP contribution is 2.31. The minimum atomic E-state index is -0.228. The van der Waals surface area contributed by atoms with Crippen LogP contribution in [-0.4, -0.2) is 42.4 Å². The number of benzene rings is 2. The number of aryl methyl sites for hydroxylation is 2. The Morgan fingerprint density at radius 3 is 2.62 bits per heavy atom. The maximum atomic E-state index is 10.4. The topological polar surface area (TPSA) is 41.9 Å². The normalized spacial score (nSPS) is 19.9. The monoisotopic (exact) mass is 397 g/mol. The predicted molar refractivity (Wildman–Crippen MR) is 118 cm³/mol. The Morgan fingerprint density at radius 2 is 1.86 bits per heavy atom. The van der Waals surface area contributed by atoms with Crippen molar-refractivity contribution in [3.63, 3.8) is 0 Å². The summed E-state index contributed by atoms with van der Waals surface area (Å²) in [5, 5.41) is 10.4. The molecule has 4 nitrogen and oxygen atoms in total. The average Bonchev–Trinajstić information content (AvgIpc) is 2.71. The minimum Gasteiger partial charge on any atom is -0.490 e. The third-order valence-corrected chi connectivity index (χ3v) is 5.92. The van der Waals surface area contributed by atoms with E-state index in [1.165, 1.54) is 22.3 Å². The standard InChI is InChI=1S/C25H35NO3/c1-5-26-12-11-23(27)21(16-26)14-20-9-10-24(25(15-20)28-6-2)29-17-22-13-18(3)7-8-19(22)4/h7-10,13,15,21,23,27H,5-6,11-12,14,16-17H2,1-4H3. The summed E-state index contributed by atoms with van der Waals surface area (Å²) in [7, 11) is 0. The Kier molecular flexibility index (Phi) is 7.57. The molecule has 1 N–H and O–H groups in total. The molecule has 0 spiro atoms. The second-order valence-corrected chi connectivity index (χ2v) is 8.15. The molecule has 0 saturated carbocycles. The Bertz CT molecular complexity index is 805. The van der Waals surface area contributed by atoms with Gasteiger partial charge in [-0.3, -0.25) is 0 Å². The first-order valence-electron chi connectivity index (χ1n) is 10.8. The lowest BCUT2D eigenvalue weighted by Gasteiger charge is -2.35. The number of piperidine rings is 1. The molecule has 0 radical (unpaired) electrons. The maximum absolute atomic E-state index is 10.4. The predicted octanol–water partition coefficient (Wildman–Crippen LogP) is 4.53. The van der Waals surface area contributed by atoms with E-state index in [2.05, 4.69) is 56.0 Å². The first-order valence-corrected chi connectivity index (χ1v) is 10.8. The third-order valence-electron chi connectivity index (χ3n) is 5.92. The van der Waals surface area contributed by atoms with Gasteiger partial charge in [-0.05, 0) is 69.0 Å². The molecule has 158 valence electrons. The molecule has 1 aliphatic rings. The van der Waals surface area contributed by atoms with Crippen molar-refractivity contribution in [2.24, 2.45) is 5.92 Å². The van der Waals surface area contributed by atoms with Crippen molar-refractivity contribution in [1.29, 1.82) is 0 Å². The number of aliphatic hydroxyl groups excluding tert-OH is 1. The molecule has 0 bridgehead atoms. The van der Waals surface area contributed by atoms with Crippen LogP contribution in [0.1, 0.15) is 42.5 Å². The Hall–Kier alpha value is -2.04. The van der Waals surface area contributed by atoms with E-state index < -0.39 is 0 Å². The number of hydrogen-bond donors (Lipinski definition) is 1. The molecular weight excluding hydrogens is 362 g/mol. The lowest BCUT2D eigenvalue weighted by Crippen LogP contribution is -2.43. The highest BCUT2D eigenvalue weighted by Gasteiger charge is 2.27. The van der Waals surface area contributed by atoms with E-state index >= 15 is 0 Å². The number of rotatable bonds is 8. The largest absolute Gasteiger partial charge is 0.490 e. The van der Waals surface area contributed by atoms with Gasteiger partial charge in [0.2, 0.25) is 0 Å². The SMILES string of the molecule is CCOc1cc(CC2CN(CC)CCC2O)ccc1OCc1cc(C)ccc1C. The first-order chi connectivity index (χ1) is 14.0. The highest BCUT2D eigenvalue weighted by atomic mass is 16.5. The van der Waals surface area contributed by atoms with Crippen LogP contribution < -0.4 is 9.47 Å². The Labute approximate surface area is 175 Å². The smallest absolute Gasteiger partial charge is 0.161 e. The summed E-state index contributed by atoms with van der Waals surface area (Å²) in [6.07, 6.45) is 1.48. The van der Waals surface area contributed by atoms with E-state index in [1.807, 2.05) is 13.0 Å². The molecule has 4 heteroatoms. The van der Waals surface area contributed by atoms with Gasteiger partial charge in [0, 0.05) is 19.0 Å². The summed E-state index contributed by atoms with van der Waals surface area (Å²) in [5.74, 6) is 1.82. The number of nitrogens with zero attached hydrogens (tertiary/aromatic N) is 1. The van der Waals surface area contributed by atoms with Crippen LogP contribution in [0.15, 0.2) is 36.4 Å². The van der Waals surface area contributed by atoms with Crippen molar-refractivity contribution in [2.75, 3.05) is 26.2 Å². The highest BCUT2D eigenvalue weighted by molar-refractivity contribution is 5.43. The van der Waals surface area contributed by atoms with Crippen LogP contribution in [0.2, 0.25) is 0 Å². The quantitative estimate of drug-likeness (QED) is 0.711. The van der Waals surface area contributed by atoms with E-state index in [1.54, 1.807) is 0 Å². The van der Waals surface area contributed by atoms with E-state index in [0.717, 1.165) is 44.0 Å². The third kappa shape index (κ3) is 5.74. The molecule has 2 unspecified atom stereocenters. The molecule has 2 aromatic rings. The molecule has 0 amide bonds. The van der Waals surface area contributed by atoms with Crippen LogP contribution in [0.3, 0.4) is 0 Å². The molecule has 3 rings (SSSR count). The van der Waals surface area contributed by atoms with E-state index in [-0.39, 0.29) is 12.0 Å². The summed E-state index contributed by atoms with van der Waals surface area (Å²) in [6, 6.07) is 12.6. The Balaban J connectivity index is 1.71. The fourth-order valence-corrected chi connectivity index (χ4v) is 4.06. The van der Waals surface area contributed by atoms with Gasteiger partial charge in [-0.25, -0.2) is 0 Å². The zero-order valence-corrected chi connectivity index (χ0v) is 18.3. The maximum Gasteiger partial charge on any atom is 0.161 e. The van der Waals surface area contributed by atoms with Crippen LogP contribution in [0.25, 0.3) is 0 Å². The van der Waals surface area contributed by atoms with Gasteiger partial charge in [0.05, 0.1) is 12.7 Å². The lowest BCUT2D eigenvalue weighted by atomic mass is 9.88.